The molecule has 0 bridgehead atoms. The molecule has 0 radical (unpaired) electrons. The lowest BCUT2D eigenvalue weighted by atomic mass is 10.0. The van der Waals surface area contributed by atoms with E-state index in [1.807, 2.05) is 0 Å². The van der Waals surface area contributed by atoms with E-state index in [9.17, 15) is 5.11 Å². The summed E-state index contributed by atoms with van der Waals surface area (Å²) in [4.78, 5) is 6.67. The Morgan fingerprint density at radius 3 is 1.61 bits per heavy atom. The first kappa shape index (κ1) is 28.8. The van der Waals surface area contributed by atoms with Gasteiger partial charge in [0.25, 0.3) is 0 Å². The fraction of sp³-hybridized carbons (Fsp3) is 0.963. The largest absolute Gasteiger partial charge is 0.385 e. The quantitative estimate of drug-likeness (QED) is 0.101. The van der Waals surface area contributed by atoms with Crippen molar-refractivity contribution in [1.29, 1.82) is 0 Å². The van der Waals surface area contributed by atoms with Crippen LogP contribution in [-0.2, 0) is 0 Å². The van der Waals surface area contributed by atoms with Gasteiger partial charge in [-0.05, 0) is 12.8 Å². The summed E-state index contributed by atoms with van der Waals surface area (Å²) < 4.78 is 0. The summed E-state index contributed by atoms with van der Waals surface area (Å²) >= 11 is 6.19. The zero-order chi connectivity index (χ0) is 22.6. The van der Waals surface area contributed by atoms with E-state index < -0.39 is 6.10 Å². The number of rotatable bonds is 22. The Morgan fingerprint density at radius 1 is 0.742 bits per heavy atom. The van der Waals surface area contributed by atoms with Gasteiger partial charge in [0.15, 0.2) is 0 Å². The summed E-state index contributed by atoms with van der Waals surface area (Å²) in [6.07, 6.45) is 26.2. The van der Waals surface area contributed by atoms with Crippen molar-refractivity contribution in [1.82, 2.24) is 4.90 Å². The Morgan fingerprint density at radius 2 is 1.16 bits per heavy atom. The zero-order valence-corrected chi connectivity index (χ0v) is 21.7. The van der Waals surface area contributed by atoms with Gasteiger partial charge in [-0.25, -0.2) is 4.99 Å². The van der Waals surface area contributed by atoms with Gasteiger partial charge < -0.3 is 10.0 Å². The van der Waals surface area contributed by atoms with Gasteiger partial charge in [0.2, 0.25) is 0 Å². The molecule has 1 aliphatic rings. The van der Waals surface area contributed by atoms with Crippen molar-refractivity contribution in [3.8, 4) is 0 Å². The lowest BCUT2D eigenvalue weighted by Crippen LogP contribution is -2.37. The molecule has 2 unspecified atom stereocenters. The molecule has 0 spiro atoms. The third-order valence-corrected chi connectivity index (χ3v) is 6.86. The highest BCUT2D eigenvalue weighted by molar-refractivity contribution is 6.22. The van der Waals surface area contributed by atoms with E-state index in [1.54, 1.807) is 0 Å². The summed E-state index contributed by atoms with van der Waals surface area (Å²) in [6, 6.07) is 0. The summed E-state index contributed by atoms with van der Waals surface area (Å²) in [5.74, 6) is 0.838. The average molecular weight is 457 g/mol. The molecule has 1 rings (SSSR count). The smallest absolute Gasteiger partial charge is 0.143 e. The number of hydrogen-bond acceptors (Lipinski definition) is 3. The second kappa shape index (κ2) is 20.3. The molecule has 0 aliphatic carbocycles. The highest BCUT2D eigenvalue weighted by Crippen LogP contribution is 2.19. The molecular formula is C27H53ClN2O. The minimum Gasteiger partial charge on any atom is -0.385 e. The molecule has 0 fully saturated rings. The van der Waals surface area contributed by atoms with Crippen molar-refractivity contribution < 1.29 is 5.11 Å². The van der Waals surface area contributed by atoms with Crippen molar-refractivity contribution in [3.63, 3.8) is 0 Å². The average Bonchev–Trinajstić information content (AvgIpc) is 3.14. The molecule has 0 amide bonds. The van der Waals surface area contributed by atoms with Gasteiger partial charge in [0.05, 0.1) is 6.54 Å². The first-order valence-electron chi connectivity index (χ1n) is 13.8. The van der Waals surface area contributed by atoms with Gasteiger partial charge >= 0.3 is 0 Å². The molecule has 1 N–H and O–H groups in total. The predicted octanol–water partition coefficient (Wildman–Crippen LogP) is 8.47. The summed E-state index contributed by atoms with van der Waals surface area (Å²) in [6.45, 7) is 6.21. The van der Waals surface area contributed by atoms with Gasteiger partial charge in [-0.1, -0.05) is 141 Å². The molecule has 0 aromatic heterocycles. The molecule has 2 atom stereocenters. The van der Waals surface area contributed by atoms with Gasteiger partial charge in [0.1, 0.15) is 17.4 Å². The monoisotopic (exact) mass is 456 g/mol. The van der Waals surface area contributed by atoms with Crippen LogP contribution in [-0.4, -0.2) is 40.5 Å². The van der Waals surface area contributed by atoms with Crippen molar-refractivity contribution in [2.45, 2.75) is 154 Å². The molecule has 4 heteroatoms. The number of halogens is 1. The van der Waals surface area contributed by atoms with Crippen molar-refractivity contribution in [2.75, 3.05) is 13.1 Å². The van der Waals surface area contributed by atoms with Gasteiger partial charge in [0, 0.05) is 6.54 Å². The van der Waals surface area contributed by atoms with E-state index in [1.165, 1.54) is 103 Å². The van der Waals surface area contributed by atoms with Crippen LogP contribution in [0.5, 0.6) is 0 Å². The van der Waals surface area contributed by atoms with E-state index in [0.29, 0.717) is 0 Å². The predicted molar refractivity (Wildman–Crippen MR) is 138 cm³/mol. The summed E-state index contributed by atoms with van der Waals surface area (Å²) in [7, 11) is 0. The van der Waals surface area contributed by atoms with Gasteiger partial charge in [-0.2, -0.15) is 0 Å². The van der Waals surface area contributed by atoms with E-state index >= 15 is 0 Å². The van der Waals surface area contributed by atoms with Crippen LogP contribution in [0.4, 0.5) is 0 Å². The van der Waals surface area contributed by atoms with Crippen molar-refractivity contribution in [2.24, 2.45) is 4.99 Å². The third kappa shape index (κ3) is 15.2. The molecule has 1 aliphatic heterocycles. The maximum absolute atomic E-state index is 10.5. The van der Waals surface area contributed by atoms with Gasteiger partial charge in [-0.15, -0.1) is 0 Å². The van der Waals surface area contributed by atoms with Gasteiger partial charge in [-0.3, -0.25) is 0 Å². The lowest BCUT2D eigenvalue weighted by molar-refractivity contribution is 0.208. The van der Waals surface area contributed by atoms with Crippen LogP contribution in [0.2, 0.25) is 0 Å². The number of alkyl halides is 1. The van der Waals surface area contributed by atoms with Crippen molar-refractivity contribution >= 4 is 17.4 Å². The lowest BCUT2D eigenvalue weighted by Gasteiger charge is -2.23. The fourth-order valence-electron chi connectivity index (χ4n) is 4.58. The number of aliphatic imine (C=N–C) groups is 1. The Labute approximate surface area is 199 Å². The molecule has 0 aromatic carbocycles. The van der Waals surface area contributed by atoms with Crippen LogP contribution in [0.1, 0.15) is 142 Å². The number of aliphatic hydroxyl groups excluding tert-OH is 1. The molecule has 0 saturated heterocycles. The molecule has 31 heavy (non-hydrogen) atoms. The molecule has 0 aromatic rings. The van der Waals surface area contributed by atoms with Crippen LogP contribution in [0, 0.1) is 0 Å². The number of amidine groups is 1. The van der Waals surface area contributed by atoms with E-state index in [0.717, 1.165) is 44.6 Å². The summed E-state index contributed by atoms with van der Waals surface area (Å²) in [5.41, 5.74) is -0.183. The molecule has 184 valence electrons. The Bertz CT molecular complexity index is 429. The highest BCUT2D eigenvalue weighted by atomic mass is 35.5. The zero-order valence-electron chi connectivity index (χ0n) is 20.9. The topological polar surface area (TPSA) is 35.8 Å². The molecule has 1 heterocycles. The van der Waals surface area contributed by atoms with Crippen LogP contribution < -0.4 is 0 Å². The first-order valence-corrected chi connectivity index (χ1v) is 14.3. The normalized spacial score (nSPS) is 17.4. The van der Waals surface area contributed by atoms with E-state index in [-0.39, 0.29) is 5.50 Å². The van der Waals surface area contributed by atoms with Crippen LogP contribution in [0.3, 0.4) is 0 Å². The maximum Gasteiger partial charge on any atom is 0.143 e. The fourth-order valence-corrected chi connectivity index (χ4v) is 4.85. The number of unbranched alkanes of at least 4 members (excludes halogenated alkanes) is 17. The minimum absolute atomic E-state index is 0.183. The summed E-state index contributed by atoms with van der Waals surface area (Å²) in [5, 5.41) is 10.5. The number of nitrogens with zero attached hydrogens (tertiary/aromatic N) is 2. The Kier molecular flexibility index (Phi) is 18.9. The number of aliphatic hydroxyl groups is 1. The second-order valence-electron chi connectivity index (χ2n) is 9.68. The molecule has 3 nitrogen and oxygen atoms in total. The van der Waals surface area contributed by atoms with Crippen LogP contribution in [0.25, 0.3) is 0 Å². The van der Waals surface area contributed by atoms with Crippen LogP contribution >= 0.6 is 11.6 Å². The van der Waals surface area contributed by atoms with Crippen LogP contribution in [0.15, 0.2) is 4.99 Å². The number of hydrogen-bond donors (Lipinski definition) is 1. The van der Waals surface area contributed by atoms with E-state index in [4.69, 9.17) is 11.6 Å². The standard InChI is InChI=1S/C27H53ClN2O/c1-3-5-7-8-9-10-11-12-13-14-15-16-17-18-19-20-21-22-25(31)27-29-26(28)24-30(27)23-6-4-2/h25-26,31H,3-24H2,1-2H3. The third-order valence-electron chi connectivity index (χ3n) is 6.63. The molecule has 0 saturated carbocycles. The molecular weight excluding hydrogens is 404 g/mol. The van der Waals surface area contributed by atoms with Crippen molar-refractivity contribution in [3.05, 3.63) is 0 Å². The highest BCUT2D eigenvalue weighted by Gasteiger charge is 2.27. The second-order valence-corrected chi connectivity index (χ2v) is 10.2. The Balaban J connectivity index is 1.86. The maximum atomic E-state index is 10.5. The Hall–Kier alpha value is -0.280. The first-order chi connectivity index (χ1) is 15.2. The SMILES string of the molecule is CCCCCCCCCCCCCCCCCCCC(O)C1=NC(Cl)CN1CCCC. The minimum atomic E-state index is -0.433. The van der Waals surface area contributed by atoms with E-state index in [2.05, 4.69) is 23.7 Å².